The highest BCUT2D eigenvalue weighted by Crippen LogP contribution is 2.36. The van der Waals surface area contributed by atoms with E-state index in [0.29, 0.717) is 22.9 Å². The maximum atomic E-state index is 10.0. The molecule has 0 aliphatic carbocycles. The minimum absolute atomic E-state index is 0. The van der Waals surface area contributed by atoms with E-state index >= 15 is 0 Å². The fourth-order valence-electron chi connectivity index (χ4n) is 3.94. The Morgan fingerprint density at radius 3 is 2.60 bits per heavy atom. The van der Waals surface area contributed by atoms with Crippen LogP contribution >= 0.6 is 12.4 Å². The predicted octanol–water partition coefficient (Wildman–Crippen LogP) is 3.41. The van der Waals surface area contributed by atoms with Gasteiger partial charge in [0.1, 0.15) is 11.8 Å². The van der Waals surface area contributed by atoms with E-state index < -0.39 is 0 Å². The predicted molar refractivity (Wildman–Crippen MR) is 115 cm³/mol. The van der Waals surface area contributed by atoms with Crippen LogP contribution in [0.4, 0.5) is 0 Å². The zero-order chi connectivity index (χ0) is 19.8. The smallest absolute Gasteiger partial charge is 0.156 e. The number of piperidine rings is 1. The molecule has 1 aromatic carbocycles. The molecule has 9 heteroatoms. The minimum atomic E-state index is 0. The Morgan fingerprint density at radius 2 is 1.87 bits per heavy atom. The van der Waals surface area contributed by atoms with Gasteiger partial charge in [-0.25, -0.2) is 4.98 Å². The van der Waals surface area contributed by atoms with Gasteiger partial charge in [-0.3, -0.25) is 9.78 Å². The van der Waals surface area contributed by atoms with Crippen molar-refractivity contribution in [2.24, 2.45) is 0 Å². The maximum Gasteiger partial charge on any atom is 0.156 e. The van der Waals surface area contributed by atoms with E-state index in [1.165, 1.54) is 0 Å². The van der Waals surface area contributed by atoms with Crippen molar-refractivity contribution in [2.75, 3.05) is 13.1 Å². The molecule has 4 aromatic rings. The van der Waals surface area contributed by atoms with Gasteiger partial charge in [0.25, 0.3) is 0 Å². The normalized spacial score (nSPS) is 14.4. The Hall–Kier alpha value is -3.41. The van der Waals surface area contributed by atoms with E-state index in [-0.39, 0.29) is 18.2 Å². The van der Waals surface area contributed by atoms with E-state index in [9.17, 15) is 10.4 Å². The number of benzene rings is 1. The van der Waals surface area contributed by atoms with Crippen LogP contribution in [0.5, 0.6) is 5.75 Å². The highest BCUT2D eigenvalue weighted by atomic mass is 35.5. The van der Waals surface area contributed by atoms with Crippen molar-refractivity contribution in [1.82, 2.24) is 30.3 Å². The molecule has 1 aliphatic rings. The second kappa shape index (κ2) is 8.14. The summed E-state index contributed by atoms with van der Waals surface area (Å²) in [6.45, 7) is 1.96. The Bertz CT molecular complexity index is 1220. The number of phenolic OH excluding ortho intramolecular Hbond substituents is 1. The fraction of sp³-hybridized carbons (Fsp3) is 0.238. The van der Waals surface area contributed by atoms with E-state index in [0.717, 1.165) is 48.0 Å². The highest BCUT2D eigenvalue weighted by molar-refractivity contribution is 5.98. The summed E-state index contributed by atoms with van der Waals surface area (Å²) in [4.78, 5) is 4.63. The van der Waals surface area contributed by atoms with Gasteiger partial charge in [0.05, 0.1) is 29.7 Å². The molecule has 8 nitrogen and oxygen atoms in total. The molecule has 152 valence electrons. The van der Waals surface area contributed by atoms with E-state index in [2.05, 4.69) is 31.7 Å². The van der Waals surface area contributed by atoms with Gasteiger partial charge in [0.15, 0.2) is 5.65 Å². The number of nitrogens with one attached hydrogen (secondary N) is 2. The maximum absolute atomic E-state index is 10.0. The summed E-state index contributed by atoms with van der Waals surface area (Å²) < 4.78 is 2.00. The molecule has 0 bridgehead atoms. The van der Waals surface area contributed by atoms with E-state index in [4.69, 9.17) is 0 Å². The molecule has 0 spiro atoms. The van der Waals surface area contributed by atoms with Gasteiger partial charge in [-0.05, 0) is 50.2 Å². The van der Waals surface area contributed by atoms with Crippen molar-refractivity contribution < 1.29 is 5.11 Å². The number of hydrogen-bond acceptors (Lipinski definition) is 6. The highest BCUT2D eigenvalue weighted by Gasteiger charge is 2.22. The number of aromatic amines is 1. The SMILES string of the molecule is Cl.N#Cc1c(-c2ccc(O)cc2)nc2[nH]ncc2c1-c1cnn(C2CCNCC2)c1. The zero-order valence-electron chi connectivity index (χ0n) is 16.0. The Morgan fingerprint density at radius 1 is 1.10 bits per heavy atom. The quantitative estimate of drug-likeness (QED) is 0.467. The summed E-state index contributed by atoms with van der Waals surface area (Å²) >= 11 is 0. The van der Waals surface area contributed by atoms with Crippen LogP contribution in [0.2, 0.25) is 0 Å². The van der Waals surface area contributed by atoms with Crippen molar-refractivity contribution >= 4 is 23.4 Å². The number of rotatable bonds is 3. The van der Waals surface area contributed by atoms with Crippen molar-refractivity contribution in [1.29, 1.82) is 5.26 Å². The molecular weight excluding hydrogens is 402 g/mol. The standard InChI is InChI=1S/C21H19N7O.ClH/c22-9-17-19(14-10-25-28(12-14)15-5-7-23-8-6-15)18-11-24-27-21(18)26-20(17)13-1-3-16(29)4-2-13;/h1-4,10-12,15,23,29H,5-8H2,(H,24,26,27);1H. The van der Waals surface area contributed by atoms with Crippen LogP contribution in [-0.4, -0.2) is 43.2 Å². The van der Waals surface area contributed by atoms with Crippen LogP contribution in [0.15, 0.2) is 42.9 Å². The summed E-state index contributed by atoms with van der Waals surface area (Å²) in [7, 11) is 0. The molecule has 0 saturated carbocycles. The third kappa shape index (κ3) is 3.38. The molecular formula is C21H20ClN7O. The Balaban J connectivity index is 0.00000218. The van der Waals surface area contributed by atoms with Crippen LogP contribution < -0.4 is 5.32 Å². The number of halogens is 1. The number of aromatic hydroxyl groups is 1. The first-order chi connectivity index (χ1) is 14.2. The summed E-state index contributed by atoms with van der Waals surface area (Å²) in [5.74, 6) is 0.165. The largest absolute Gasteiger partial charge is 0.508 e. The van der Waals surface area contributed by atoms with E-state index in [1.54, 1.807) is 30.5 Å². The monoisotopic (exact) mass is 421 g/mol. The Kier molecular flexibility index (Phi) is 5.40. The van der Waals surface area contributed by atoms with Gasteiger partial charge in [0, 0.05) is 28.3 Å². The third-order valence-corrected chi connectivity index (χ3v) is 5.42. The fourth-order valence-corrected chi connectivity index (χ4v) is 3.94. The molecule has 4 heterocycles. The lowest BCUT2D eigenvalue weighted by Crippen LogP contribution is -2.29. The number of fused-ring (bicyclic) bond motifs is 1. The molecule has 5 rings (SSSR count). The number of phenols is 1. The van der Waals surface area contributed by atoms with Crippen LogP contribution in [0.25, 0.3) is 33.4 Å². The van der Waals surface area contributed by atoms with Gasteiger partial charge in [-0.1, -0.05) is 0 Å². The Labute approximate surface area is 179 Å². The van der Waals surface area contributed by atoms with Crippen molar-refractivity contribution in [3.8, 4) is 34.2 Å². The third-order valence-electron chi connectivity index (χ3n) is 5.42. The van der Waals surface area contributed by atoms with E-state index in [1.807, 2.05) is 17.1 Å². The molecule has 0 amide bonds. The molecule has 3 aromatic heterocycles. The first-order valence-electron chi connectivity index (χ1n) is 9.56. The van der Waals surface area contributed by atoms with Gasteiger partial charge in [-0.2, -0.15) is 15.5 Å². The van der Waals surface area contributed by atoms with Crippen LogP contribution in [0.1, 0.15) is 24.4 Å². The zero-order valence-corrected chi connectivity index (χ0v) is 16.9. The first kappa shape index (κ1) is 19.9. The molecule has 1 saturated heterocycles. The lowest BCUT2D eigenvalue weighted by molar-refractivity contribution is 0.343. The number of pyridine rings is 1. The summed E-state index contributed by atoms with van der Waals surface area (Å²) in [5, 5.41) is 35.4. The second-order valence-electron chi connectivity index (χ2n) is 7.19. The van der Waals surface area contributed by atoms with Crippen molar-refractivity contribution in [3.05, 3.63) is 48.4 Å². The van der Waals surface area contributed by atoms with Crippen LogP contribution in [0.3, 0.4) is 0 Å². The number of aromatic nitrogens is 5. The number of nitriles is 1. The van der Waals surface area contributed by atoms with Gasteiger partial charge >= 0.3 is 0 Å². The van der Waals surface area contributed by atoms with Crippen LogP contribution in [0, 0.1) is 11.3 Å². The molecule has 0 atom stereocenters. The van der Waals surface area contributed by atoms with Gasteiger partial charge in [0.2, 0.25) is 0 Å². The lowest BCUT2D eigenvalue weighted by atomic mass is 9.96. The van der Waals surface area contributed by atoms with Crippen molar-refractivity contribution in [2.45, 2.75) is 18.9 Å². The molecule has 0 unspecified atom stereocenters. The lowest BCUT2D eigenvalue weighted by Gasteiger charge is -2.22. The van der Waals surface area contributed by atoms with Gasteiger partial charge in [-0.15, -0.1) is 12.4 Å². The molecule has 1 fully saturated rings. The summed E-state index contributed by atoms with van der Waals surface area (Å²) in [6.07, 6.45) is 7.58. The molecule has 30 heavy (non-hydrogen) atoms. The summed E-state index contributed by atoms with van der Waals surface area (Å²) in [6, 6.07) is 9.37. The molecule has 0 radical (unpaired) electrons. The number of H-pyrrole nitrogens is 1. The second-order valence-corrected chi connectivity index (χ2v) is 7.19. The average Bonchev–Trinajstić information content (AvgIpc) is 3.43. The number of hydrogen-bond donors (Lipinski definition) is 3. The van der Waals surface area contributed by atoms with Crippen LogP contribution in [-0.2, 0) is 0 Å². The topological polar surface area (TPSA) is 115 Å². The number of nitrogens with zero attached hydrogens (tertiary/aromatic N) is 5. The molecule has 3 N–H and O–H groups in total. The first-order valence-corrected chi connectivity index (χ1v) is 9.56. The van der Waals surface area contributed by atoms with Crippen molar-refractivity contribution in [3.63, 3.8) is 0 Å². The van der Waals surface area contributed by atoms with Gasteiger partial charge < -0.3 is 10.4 Å². The average molecular weight is 422 g/mol. The minimum Gasteiger partial charge on any atom is -0.508 e. The summed E-state index contributed by atoms with van der Waals surface area (Å²) in [5.41, 5.74) is 4.02. The molecule has 1 aliphatic heterocycles.